The predicted molar refractivity (Wildman–Crippen MR) is 65.7 cm³/mol. The fraction of sp³-hybridized carbons (Fsp3) is 0.333. The SMILES string of the molecule is Cc1ccc(-n2nc3n(c2=O)CCCN3)cc1. The van der Waals surface area contributed by atoms with Crippen LogP contribution in [0.4, 0.5) is 5.95 Å². The molecule has 3 rings (SSSR count). The third kappa shape index (κ3) is 1.63. The molecule has 5 nitrogen and oxygen atoms in total. The van der Waals surface area contributed by atoms with Gasteiger partial charge in [-0.1, -0.05) is 17.7 Å². The van der Waals surface area contributed by atoms with Gasteiger partial charge >= 0.3 is 5.69 Å². The first-order chi connectivity index (χ1) is 8.25. The zero-order valence-electron chi connectivity index (χ0n) is 9.68. The van der Waals surface area contributed by atoms with Gasteiger partial charge in [-0.2, -0.15) is 4.68 Å². The predicted octanol–water partition coefficient (Wildman–Crippen LogP) is 1.16. The van der Waals surface area contributed by atoms with Crippen LogP contribution in [0.15, 0.2) is 29.1 Å². The van der Waals surface area contributed by atoms with Crippen molar-refractivity contribution in [3.63, 3.8) is 0 Å². The van der Waals surface area contributed by atoms with Crippen LogP contribution in [0.25, 0.3) is 5.69 Å². The highest BCUT2D eigenvalue weighted by atomic mass is 16.2. The second-order valence-electron chi connectivity index (χ2n) is 4.29. The second-order valence-corrected chi connectivity index (χ2v) is 4.29. The average Bonchev–Trinajstić information content (AvgIpc) is 2.69. The van der Waals surface area contributed by atoms with Crippen LogP contribution in [-0.2, 0) is 6.54 Å². The summed E-state index contributed by atoms with van der Waals surface area (Å²) in [5, 5.41) is 7.44. The molecular weight excluding hydrogens is 216 g/mol. The van der Waals surface area contributed by atoms with E-state index in [4.69, 9.17) is 0 Å². The number of aromatic nitrogens is 3. The van der Waals surface area contributed by atoms with Crippen molar-refractivity contribution in [2.24, 2.45) is 0 Å². The summed E-state index contributed by atoms with van der Waals surface area (Å²) < 4.78 is 3.14. The van der Waals surface area contributed by atoms with E-state index in [-0.39, 0.29) is 5.69 Å². The zero-order chi connectivity index (χ0) is 11.8. The maximum absolute atomic E-state index is 12.1. The zero-order valence-corrected chi connectivity index (χ0v) is 9.68. The monoisotopic (exact) mass is 230 g/mol. The number of nitrogens with zero attached hydrogens (tertiary/aromatic N) is 3. The topological polar surface area (TPSA) is 51.9 Å². The van der Waals surface area contributed by atoms with Crippen molar-refractivity contribution in [3.05, 3.63) is 40.3 Å². The van der Waals surface area contributed by atoms with Crippen LogP contribution in [0, 0.1) is 6.92 Å². The van der Waals surface area contributed by atoms with Crippen LogP contribution in [0.5, 0.6) is 0 Å². The molecule has 1 aromatic carbocycles. The molecule has 2 aromatic rings. The molecule has 0 spiro atoms. The van der Waals surface area contributed by atoms with Gasteiger partial charge in [-0.15, -0.1) is 5.10 Å². The van der Waals surface area contributed by atoms with Gasteiger partial charge in [0.25, 0.3) is 0 Å². The van der Waals surface area contributed by atoms with Crippen molar-refractivity contribution >= 4 is 5.95 Å². The van der Waals surface area contributed by atoms with E-state index in [0.717, 1.165) is 25.2 Å². The molecule has 0 saturated carbocycles. The summed E-state index contributed by atoms with van der Waals surface area (Å²) in [7, 11) is 0. The Hall–Kier alpha value is -2.04. The first-order valence-electron chi connectivity index (χ1n) is 5.76. The van der Waals surface area contributed by atoms with Crippen LogP contribution in [-0.4, -0.2) is 20.9 Å². The van der Waals surface area contributed by atoms with Gasteiger partial charge in [-0.3, -0.25) is 4.57 Å². The van der Waals surface area contributed by atoms with Gasteiger partial charge in [0.05, 0.1) is 5.69 Å². The standard InChI is InChI=1S/C12H14N4O/c1-9-3-5-10(6-4-9)16-12(17)15-8-2-7-13-11(15)14-16/h3-6H,2,7-8H2,1H3,(H,13,14). The minimum atomic E-state index is -0.0731. The van der Waals surface area contributed by atoms with Crippen LogP contribution >= 0.6 is 0 Å². The summed E-state index contributed by atoms with van der Waals surface area (Å²) in [6.45, 7) is 3.64. The number of hydrogen-bond acceptors (Lipinski definition) is 3. The Morgan fingerprint density at radius 2 is 2.06 bits per heavy atom. The van der Waals surface area contributed by atoms with E-state index in [9.17, 15) is 4.79 Å². The van der Waals surface area contributed by atoms with Crippen molar-refractivity contribution in [1.82, 2.24) is 14.3 Å². The molecule has 1 aromatic heterocycles. The minimum absolute atomic E-state index is 0.0731. The van der Waals surface area contributed by atoms with Gasteiger partial charge in [0.2, 0.25) is 5.95 Å². The smallest absolute Gasteiger partial charge is 0.352 e. The Bertz CT molecular complexity index is 594. The second kappa shape index (κ2) is 3.76. The van der Waals surface area contributed by atoms with Gasteiger partial charge in [-0.25, -0.2) is 4.79 Å². The fourth-order valence-corrected chi connectivity index (χ4v) is 2.02. The third-order valence-electron chi connectivity index (χ3n) is 2.98. The molecule has 17 heavy (non-hydrogen) atoms. The van der Waals surface area contributed by atoms with Gasteiger partial charge < -0.3 is 5.32 Å². The maximum atomic E-state index is 12.1. The lowest BCUT2D eigenvalue weighted by Gasteiger charge is -2.12. The summed E-state index contributed by atoms with van der Waals surface area (Å²) in [5.41, 5.74) is 1.91. The molecule has 0 unspecified atom stereocenters. The van der Waals surface area contributed by atoms with E-state index in [1.807, 2.05) is 31.2 Å². The van der Waals surface area contributed by atoms with E-state index in [2.05, 4.69) is 10.4 Å². The van der Waals surface area contributed by atoms with E-state index in [1.54, 1.807) is 4.57 Å². The molecule has 2 heterocycles. The highest BCUT2D eigenvalue weighted by Gasteiger charge is 2.16. The molecule has 5 heteroatoms. The van der Waals surface area contributed by atoms with Crippen molar-refractivity contribution in [2.45, 2.75) is 19.9 Å². The van der Waals surface area contributed by atoms with E-state index in [0.29, 0.717) is 5.95 Å². The van der Waals surface area contributed by atoms with Crippen LogP contribution in [0.2, 0.25) is 0 Å². The van der Waals surface area contributed by atoms with E-state index >= 15 is 0 Å². The number of hydrogen-bond donors (Lipinski definition) is 1. The van der Waals surface area contributed by atoms with Crippen LogP contribution in [0.3, 0.4) is 0 Å². The molecule has 0 atom stereocenters. The first-order valence-corrected chi connectivity index (χ1v) is 5.76. The Morgan fingerprint density at radius 1 is 1.29 bits per heavy atom. The molecule has 88 valence electrons. The summed E-state index contributed by atoms with van der Waals surface area (Å²) in [4.78, 5) is 12.1. The maximum Gasteiger partial charge on any atom is 0.352 e. The number of benzene rings is 1. The van der Waals surface area contributed by atoms with Gasteiger partial charge in [0.15, 0.2) is 0 Å². The number of anilines is 1. The lowest BCUT2D eigenvalue weighted by atomic mass is 10.2. The molecule has 0 fully saturated rings. The van der Waals surface area contributed by atoms with Crippen LogP contribution < -0.4 is 11.0 Å². The normalized spacial score (nSPS) is 14.2. The summed E-state index contributed by atoms with van der Waals surface area (Å²) in [6.07, 6.45) is 0.965. The van der Waals surface area contributed by atoms with E-state index in [1.165, 1.54) is 10.2 Å². The number of fused-ring (bicyclic) bond motifs is 1. The van der Waals surface area contributed by atoms with Crippen LogP contribution in [0.1, 0.15) is 12.0 Å². The average molecular weight is 230 g/mol. The highest BCUT2D eigenvalue weighted by Crippen LogP contribution is 2.11. The molecule has 1 aliphatic heterocycles. The quantitative estimate of drug-likeness (QED) is 0.799. The molecule has 0 radical (unpaired) electrons. The Labute approximate surface area is 98.7 Å². The van der Waals surface area contributed by atoms with Crippen molar-refractivity contribution in [2.75, 3.05) is 11.9 Å². The number of rotatable bonds is 1. The summed E-state index contributed by atoms with van der Waals surface area (Å²) in [6, 6.07) is 7.78. The molecule has 1 N–H and O–H groups in total. The third-order valence-corrected chi connectivity index (χ3v) is 2.98. The molecule has 0 saturated heterocycles. The summed E-state index contributed by atoms with van der Waals surface area (Å²) in [5.74, 6) is 0.668. The highest BCUT2D eigenvalue weighted by molar-refractivity contribution is 5.35. The molecule has 1 aliphatic rings. The van der Waals surface area contributed by atoms with E-state index < -0.39 is 0 Å². The Balaban J connectivity index is 2.12. The number of aryl methyl sites for hydroxylation is 1. The lowest BCUT2D eigenvalue weighted by Crippen LogP contribution is -2.27. The van der Waals surface area contributed by atoms with Crippen molar-refractivity contribution in [3.8, 4) is 5.69 Å². The molecule has 0 amide bonds. The fourth-order valence-electron chi connectivity index (χ4n) is 2.02. The molecular formula is C12H14N4O. The largest absolute Gasteiger partial charge is 0.354 e. The molecule has 0 aliphatic carbocycles. The van der Waals surface area contributed by atoms with Gasteiger partial charge in [0.1, 0.15) is 0 Å². The first kappa shape index (κ1) is 10.1. The van der Waals surface area contributed by atoms with Gasteiger partial charge in [-0.05, 0) is 25.5 Å². The van der Waals surface area contributed by atoms with Gasteiger partial charge in [0, 0.05) is 13.1 Å². The summed E-state index contributed by atoms with van der Waals surface area (Å²) >= 11 is 0. The lowest BCUT2D eigenvalue weighted by molar-refractivity contribution is 0.606. The Kier molecular flexibility index (Phi) is 2.24. The Morgan fingerprint density at radius 3 is 2.76 bits per heavy atom. The number of nitrogens with one attached hydrogen (secondary N) is 1. The van der Waals surface area contributed by atoms with Crippen molar-refractivity contribution in [1.29, 1.82) is 0 Å². The molecule has 0 bridgehead atoms. The van der Waals surface area contributed by atoms with Crippen molar-refractivity contribution < 1.29 is 0 Å². The minimum Gasteiger partial charge on any atom is -0.354 e.